The summed E-state index contributed by atoms with van der Waals surface area (Å²) in [7, 11) is 0. The highest BCUT2D eigenvalue weighted by Gasteiger charge is 2.05. The maximum absolute atomic E-state index is 9.09. The van der Waals surface area contributed by atoms with E-state index >= 15 is 0 Å². The van der Waals surface area contributed by atoms with Crippen molar-refractivity contribution in [3.63, 3.8) is 0 Å². The lowest BCUT2D eigenvalue weighted by atomic mass is 10.1. The molecule has 2 aromatic carbocycles. The van der Waals surface area contributed by atoms with E-state index in [9.17, 15) is 0 Å². The summed E-state index contributed by atoms with van der Waals surface area (Å²) in [5, 5.41) is 10.5. The fourth-order valence-electron chi connectivity index (χ4n) is 1.47. The van der Waals surface area contributed by atoms with Gasteiger partial charge < -0.3 is 4.74 Å². The predicted octanol–water partition coefficient (Wildman–Crippen LogP) is 4.90. The zero-order valence-electron chi connectivity index (χ0n) is 9.36. The van der Waals surface area contributed by atoms with Gasteiger partial charge in [0, 0.05) is 10.4 Å². The highest BCUT2D eigenvalue weighted by Crippen LogP contribution is 2.27. The molecule has 0 aromatic heterocycles. The Morgan fingerprint density at radius 3 is 2.50 bits per heavy atom. The van der Waals surface area contributed by atoms with Crippen LogP contribution >= 0.6 is 27.5 Å². The van der Waals surface area contributed by atoms with Crippen molar-refractivity contribution < 1.29 is 4.74 Å². The molecule has 0 N–H and O–H groups in total. The van der Waals surface area contributed by atoms with Crippen molar-refractivity contribution in [1.82, 2.24) is 0 Å². The van der Waals surface area contributed by atoms with Crippen molar-refractivity contribution >= 4 is 27.5 Å². The van der Waals surface area contributed by atoms with E-state index in [1.165, 1.54) is 0 Å². The third-order valence-corrected chi connectivity index (χ3v) is 3.26. The molecule has 18 heavy (non-hydrogen) atoms. The van der Waals surface area contributed by atoms with Crippen LogP contribution in [0.5, 0.6) is 11.5 Å². The summed E-state index contributed by atoms with van der Waals surface area (Å²) in [6.07, 6.45) is 0. The van der Waals surface area contributed by atoms with E-state index in [2.05, 4.69) is 22.0 Å². The van der Waals surface area contributed by atoms with Gasteiger partial charge in [0.25, 0.3) is 0 Å². The van der Waals surface area contributed by atoms with Crippen LogP contribution in [0, 0.1) is 11.3 Å². The van der Waals surface area contributed by atoms with Gasteiger partial charge in [-0.25, -0.2) is 0 Å². The second-order valence-corrected chi connectivity index (χ2v) is 4.63. The summed E-state index contributed by atoms with van der Waals surface area (Å²) in [4.78, 5) is 0. The van der Waals surface area contributed by atoms with E-state index in [1.807, 2.05) is 6.07 Å². The molecule has 0 atom stereocenters. The molecule has 90 valence electrons. The maximum Gasteiger partial charge on any atom is 0.145 e. The first-order valence-corrected chi connectivity index (χ1v) is 6.75. The number of benzene rings is 2. The topological polar surface area (TPSA) is 33.0 Å². The lowest BCUT2D eigenvalue weighted by molar-refractivity contribution is 0.481. The lowest BCUT2D eigenvalue weighted by Crippen LogP contribution is -1.89. The van der Waals surface area contributed by atoms with Crippen LogP contribution in [0.15, 0.2) is 42.5 Å². The lowest BCUT2D eigenvalue weighted by Gasteiger charge is -2.08. The van der Waals surface area contributed by atoms with Gasteiger partial charge in [-0.05, 0) is 42.0 Å². The Balaban J connectivity index is 2.29. The molecule has 0 saturated carbocycles. The molecule has 0 aliphatic heterocycles. The Kier molecular flexibility index (Phi) is 4.24. The smallest absolute Gasteiger partial charge is 0.145 e. The molecule has 2 nitrogen and oxygen atoms in total. The van der Waals surface area contributed by atoms with E-state index in [1.54, 1.807) is 36.4 Å². The Morgan fingerprint density at radius 1 is 1.17 bits per heavy atom. The number of ether oxygens (including phenoxy) is 1. The fraction of sp³-hybridized carbons (Fsp3) is 0.0714. The average Bonchev–Trinajstić information content (AvgIpc) is 2.41. The third kappa shape index (κ3) is 3.04. The molecule has 0 amide bonds. The van der Waals surface area contributed by atoms with E-state index < -0.39 is 0 Å². The summed E-state index contributed by atoms with van der Waals surface area (Å²) in [6.45, 7) is 0. The normalized spacial score (nSPS) is 9.83. The molecule has 0 saturated heterocycles. The minimum Gasteiger partial charge on any atom is -0.456 e. The van der Waals surface area contributed by atoms with E-state index in [0.717, 1.165) is 5.56 Å². The summed E-state index contributed by atoms with van der Waals surface area (Å²) < 4.78 is 5.66. The van der Waals surface area contributed by atoms with Crippen LogP contribution in [0.4, 0.5) is 0 Å². The Hall–Kier alpha value is -1.50. The van der Waals surface area contributed by atoms with E-state index in [-0.39, 0.29) is 0 Å². The first-order chi connectivity index (χ1) is 8.72. The van der Waals surface area contributed by atoms with Crippen LogP contribution in [0.25, 0.3) is 0 Å². The second-order valence-electron chi connectivity index (χ2n) is 3.63. The summed E-state index contributed by atoms with van der Waals surface area (Å²) in [5.74, 6) is 1.20. The maximum atomic E-state index is 9.09. The van der Waals surface area contributed by atoms with Gasteiger partial charge in [0.15, 0.2) is 0 Å². The minimum absolute atomic E-state index is 0.516. The molecule has 0 radical (unpaired) electrons. The van der Waals surface area contributed by atoms with Gasteiger partial charge in [0.1, 0.15) is 17.6 Å². The quantitative estimate of drug-likeness (QED) is 0.753. The Morgan fingerprint density at radius 2 is 1.89 bits per heavy atom. The molecule has 0 fully saturated rings. The van der Waals surface area contributed by atoms with Gasteiger partial charge in [0.2, 0.25) is 0 Å². The van der Waals surface area contributed by atoms with Crippen molar-refractivity contribution in [1.29, 1.82) is 5.26 Å². The SMILES string of the molecule is N#Cc1cc(CBr)ccc1Oc1ccc(Cl)cc1. The third-order valence-electron chi connectivity index (χ3n) is 2.36. The van der Waals surface area contributed by atoms with Gasteiger partial charge in [-0.2, -0.15) is 5.26 Å². The Bertz CT molecular complexity index is 590. The van der Waals surface area contributed by atoms with Crippen molar-refractivity contribution in [2.75, 3.05) is 0 Å². The standard InChI is InChI=1S/C14H9BrClNO/c15-8-10-1-6-14(11(7-10)9-17)18-13-4-2-12(16)3-5-13/h1-7H,8H2. The zero-order chi connectivity index (χ0) is 13.0. The van der Waals surface area contributed by atoms with Gasteiger partial charge in [-0.15, -0.1) is 0 Å². The number of hydrogen-bond donors (Lipinski definition) is 0. The molecule has 0 spiro atoms. The van der Waals surface area contributed by atoms with Crippen molar-refractivity contribution in [3.05, 3.63) is 58.6 Å². The van der Waals surface area contributed by atoms with Crippen molar-refractivity contribution in [2.45, 2.75) is 5.33 Å². The zero-order valence-corrected chi connectivity index (χ0v) is 11.7. The summed E-state index contributed by atoms with van der Waals surface area (Å²) in [5.41, 5.74) is 1.55. The number of rotatable bonds is 3. The molecule has 0 aliphatic carbocycles. The van der Waals surface area contributed by atoms with Gasteiger partial charge >= 0.3 is 0 Å². The molecule has 0 bridgehead atoms. The second kappa shape index (κ2) is 5.90. The van der Waals surface area contributed by atoms with Crippen molar-refractivity contribution in [3.8, 4) is 17.6 Å². The van der Waals surface area contributed by atoms with E-state index in [0.29, 0.717) is 27.4 Å². The summed E-state index contributed by atoms with van der Waals surface area (Å²) >= 11 is 9.15. The number of nitriles is 1. The highest BCUT2D eigenvalue weighted by molar-refractivity contribution is 9.08. The molecule has 4 heteroatoms. The van der Waals surface area contributed by atoms with Crippen molar-refractivity contribution in [2.24, 2.45) is 0 Å². The van der Waals surface area contributed by atoms with Crippen LogP contribution in [-0.2, 0) is 5.33 Å². The molecule has 0 unspecified atom stereocenters. The largest absolute Gasteiger partial charge is 0.456 e. The molecular formula is C14H9BrClNO. The van der Waals surface area contributed by atoms with Crippen LogP contribution < -0.4 is 4.74 Å². The monoisotopic (exact) mass is 321 g/mol. The number of alkyl halides is 1. The molecule has 2 aromatic rings. The molecule has 2 rings (SSSR count). The highest BCUT2D eigenvalue weighted by atomic mass is 79.9. The fourth-order valence-corrected chi connectivity index (χ4v) is 1.94. The average molecular weight is 323 g/mol. The van der Waals surface area contributed by atoms with E-state index in [4.69, 9.17) is 21.6 Å². The van der Waals surface area contributed by atoms with Crippen LogP contribution in [0.3, 0.4) is 0 Å². The Labute approximate surface area is 119 Å². The van der Waals surface area contributed by atoms with Crippen LogP contribution in [0.1, 0.15) is 11.1 Å². The van der Waals surface area contributed by atoms with Gasteiger partial charge in [-0.1, -0.05) is 33.6 Å². The summed E-state index contributed by atoms with van der Waals surface area (Å²) in [6, 6.07) is 14.7. The molecule has 0 aliphatic rings. The number of hydrogen-bond acceptors (Lipinski definition) is 2. The van der Waals surface area contributed by atoms with Gasteiger partial charge in [0.05, 0.1) is 5.56 Å². The minimum atomic E-state index is 0.516. The number of halogens is 2. The molecular weight excluding hydrogens is 314 g/mol. The number of nitrogens with zero attached hydrogens (tertiary/aromatic N) is 1. The van der Waals surface area contributed by atoms with Crippen LogP contribution in [0.2, 0.25) is 5.02 Å². The predicted molar refractivity (Wildman–Crippen MR) is 75.3 cm³/mol. The first kappa shape index (κ1) is 12.9. The van der Waals surface area contributed by atoms with Crippen LogP contribution in [-0.4, -0.2) is 0 Å². The first-order valence-electron chi connectivity index (χ1n) is 5.25. The van der Waals surface area contributed by atoms with Gasteiger partial charge in [-0.3, -0.25) is 0 Å². The molecule has 0 heterocycles.